The Labute approximate surface area is 142 Å². The van der Waals surface area contributed by atoms with Crippen LogP contribution >= 0.6 is 11.8 Å². The number of nitro benzene ring substituents is 1. The van der Waals surface area contributed by atoms with Crippen LogP contribution in [0, 0.1) is 10.1 Å². The third-order valence-corrected chi connectivity index (χ3v) is 4.98. The number of hydrogen-bond acceptors (Lipinski definition) is 6. The summed E-state index contributed by atoms with van der Waals surface area (Å²) in [6.07, 6.45) is 2.41. The van der Waals surface area contributed by atoms with Gasteiger partial charge < -0.3 is 9.64 Å². The molecule has 0 radical (unpaired) electrons. The van der Waals surface area contributed by atoms with Crippen molar-refractivity contribution in [3.8, 4) is 0 Å². The Morgan fingerprint density at radius 2 is 2.12 bits per heavy atom. The maximum absolute atomic E-state index is 12.4. The van der Waals surface area contributed by atoms with Gasteiger partial charge in [-0.05, 0) is 29.5 Å². The van der Waals surface area contributed by atoms with Gasteiger partial charge in [-0.25, -0.2) is 4.79 Å². The fourth-order valence-corrected chi connectivity index (χ4v) is 3.77. The number of nitrogens with zero attached hydrogens (tertiary/aromatic N) is 2. The molecule has 1 unspecified atom stereocenters. The predicted octanol–water partition coefficient (Wildman–Crippen LogP) is 2.26. The number of nitro groups is 1. The Balaban J connectivity index is 1.64. The Morgan fingerprint density at radius 3 is 2.71 bits per heavy atom. The van der Waals surface area contributed by atoms with Gasteiger partial charge in [0.2, 0.25) is 5.91 Å². The SMILES string of the molecule is CCSC1=CC2CC(=O)N2[C@@H]1C(=O)OCc1ccc([N+](=O)[O-])cc1. The van der Waals surface area contributed by atoms with Gasteiger partial charge in [-0.2, -0.15) is 0 Å². The van der Waals surface area contributed by atoms with Crippen molar-refractivity contribution >= 4 is 29.3 Å². The second-order valence-corrected chi connectivity index (χ2v) is 6.85. The van der Waals surface area contributed by atoms with Crippen LogP contribution in [0.2, 0.25) is 0 Å². The van der Waals surface area contributed by atoms with Gasteiger partial charge in [0.05, 0.1) is 17.4 Å². The lowest BCUT2D eigenvalue weighted by Crippen LogP contribution is -2.55. The largest absolute Gasteiger partial charge is 0.459 e. The minimum atomic E-state index is -0.653. The quantitative estimate of drug-likeness (QED) is 0.339. The van der Waals surface area contributed by atoms with E-state index in [1.165, 1.54) is 12.1 Å². The molecule has 0 saturated carbocycles. The van der Waals surface area contributed by atoms with Crippen LogP contribution in [0.4, 0.5) is 5.69 Å². The van der Waals surface area contributed by atoms with E-state index in [9.17, 15) is 19.7 Å². The zero-order chi connectivity index (χ0) is 17.3. The lowest BCUT2D eigenvalue weighted by atomic mass is 10.0. The Morgan fingerprint density at radius 1 is 1.42 bits per heavy atom. The summed E-state index contributed by atoms with van der Waals surface area (Å²) in [5, 5.41) is 10.6. The van der Waals surface area contributed by atoms with Crippen molar-refractivity contribution in [3.63, 3.8) is 0 Å². The van der Waals surface area contributed by atoms with Crippen molar-refractivity contribution in [3.05, 3.63) is 50.9 Å². The normalized spacial score (nSPS) is 21.8. The molecule has 1 fully saturated rings. The van der Waals surface area contributed by atoms with Crippen LogP contribution in [-0.4, -0.2) is 39.5 Å². The first-order valence-electron chi connectivity index (χ1n) is 7.57. The van der Waals surface area contributed by atoms with Crippen molar-refractivity contribution in [1.82, 2.24) is 4.90 Å². The smallest absolute Gasteiger partial charge is 0.334 e. The first-order valence-corrected chi connectivity index (χ1v) is 8.55. The van der Waals surface area contributed by atoms with Crippen LogP contribution in [-0.2, 0) is 20.9 Å². The predicted molar refractivity (Wildman–Crippen MR) is 88.1 cm³/mol. The molecule has 3 rings (SSSR count). The van der Waals surface area contributed by atoms with Gasteiger partial charge in [0.25, 0.3) is 5.69 Å². The summed E-state index contributed by atoms with van der Waals surface area (Å²) in [6, 6.07) is 5.19. The molecule has 8 heteroatoms. The second kappa shape index (κ2) is 6.64. The molecule has 7 nitrogen and oxygen atoms in total. The average Bonchev–Trinajstić information content (AvgIpc) is 2.85. The van der Waals surface area contributed by atoms with Gasteiger partial charge in [-0.3, -0.25) is 14.9 Å². The van der Waals surface area contributed by atoms with E-state index in [1.54, 1.807) is 28.8 Å². The van der Waals surface area contributed by atoms with Gasteiger partial charge in [-0.1, -0.05) is 6.92 Å². The highest BCUT2D eigenvalue weighted by molar-refractivity contribution is 8.03. The number of ether oxygens (including phenoxy) is 1. The molecule has 0 bridgehead atoms. The summed E-state index contributed by atoms with van der Waals surface area (Å²) in [5.74, 6) is 0.309. The number of fused-ring (bicyclic) bond motifs is 1. The maximum Gasteiger partial charge on any atom is 0.334 e. The molecule has 2 aliphatic heterocycles. The van der Waals surface area contributed by atoms with E-state index < -0.39 is 16.9 Å². The summed E-state index contributed by atoms with van der Waals surface area (Å²) < 4.78 is 5.33. The Bertz CT molecular complexity index is 716. The molecular formula is C16H16N2O5S. The van der Waals surface area contributed by atoms with Gasteiger partial charge in [0.1, 0.15) is 6.61 Å². The number of rotatable bonds is 6. The first kappa shape index (κ1) is 16.5. The average molecular weight is 348 g/mol. The van der Waals surface area contributed by atoms with Crippen molar-refractivity contribution in [2.24, 2.45) is 0 Å². The molecule has 0 aliphatic carbocycles. The zero-order valence-corrected chi connectivity index (χ0v) is 13.8. The summed E-state index contributed by atoms with van der Waals surface area (Å²) in [5.41, 5.74) is 0.645. The molecule has 0 spiro atoms. The van der Waals surface area contributed by atoms with E-state index in [-0.39, 0.29) is 24.2 Å². The van der Waals surface area contributed by atoms with E-state index in [0.29, 0.717) is 12.0 Å². The molecule has 126 valence electrons. The summed E-state index contributed by atoms with van der Waals surface area (Å²) in [6.45, 7) is 2.01. The van der Waals surface area contributed by atoms with E-state index in [1.807, 2.05) is 13.0 Å². The number of esters is 1. The minimum absolute atomic E-state index is 0.00322. The number of carbonyl (C=O) groups is 2. The standard InChI is InChI=1S/C16H16N2O5S/c1-2-24-13-7-12-8-14(19)17(12)15(13)16(20)23-9-10-3-5-11(6-4-10)18(21)22/h3-7,12,15H,2,8-9H2,1H3/t12?,15-/m0/s1. The van der Waals surface area contributed by atoms with Gasteiger partial charge in [0.15, 0.2) is 6.04 Å². The van der Waals surface area contributed by atoms with Gasteiger partial charge in [-0.15, -0.1) is 11.8 Å². The van der Waals surface area contributed by atoms with Crippen molar-refractivity contribution in [1.29, 1.82) is 0 Å². The summed E-state index contributed by atoms with van der Waals surface area (Å²) >= 11 is 1.54. The molecule has 0 N–H and O–H groups in total. The van der Waals surface area contributed by atoms with E-state index >= 15 is 0 Å². The van der Waals surface area contributed by atoms with Crippen molar-refractivity contribution in [2.45, 2.75) is 32.0 Å². The number of non-ortho nitro benzene ring substituents is 1. The summed E-state index contributed by atoms with van der Waals surface area (Å²) in [7, 11) is 0. The molecule has 2 aliphatic rings. The van der Waals surface area contributed by atoms with E-state index in [0.717, 1.165) is 10.7 Å². The zero-order valence-electron chi connectivity index (χ0n) is 13.0. The topological polar surface area (TPSA) is 89.8 Å². The van der Waals surface area contributed by atoms with Gasteiger partial charge >= 0.3 is 5.97 Å². The minimum Gasteiger partial charge on any atom is -0.459 e. The number of thioether (sulfide) groups is 1. The fraction of sp³-hybridized carbons (Fsp3) is 0.375. The van der Waals surface area contributed by atoms with Gasteiger partial charge in [0, 0.05) is 17.0 Å². The molecular weight excluding hydrogens is 332 g/mol. The van der Waals surface area contributed by atoms with E-state index in [4.69, 9.17) is 4.74 Å². The van der Waals surface area contributed by atoms with Crippen LogP contribution < -0.4 is 0 Å². The third-order valence-electron chi connectivity index (χ3n) is 4.00. The lowest BCUT2D eigenvalue weighted by Gasteiger charge is -2.38. The number of hydrogen-bond donors (Lipinski definition) is 0. The first-order chi connectivity index (χ1) is 11.5. The molecule has 2 heterocycles. The summed E-state index contributed by atoms with van der Waals surface area (Å²) in [4.78, 5) is 36.8. The maximum atomic E-state index is 12.4. The highest BCUT2D eigenvalue weighted by Gasteiger charge is 2.49. The third kappa shape index (κ3) is 3.01. The van der Waals surface area contributed by atoms with Crippen LogP contribution in [0.25, 0.3) is 0 Å². The molecule has 1 saturated heterocycles. The number of carbonyl (C=O) groups excluding carboxylic acids is 2. The van der Waals surface area contributed by atoms with Crippen LogP contribution in [0.15, 0.2) is 35.2 Å². The second-order valence-electron chi connectivity index (χ2n) is 5.51. The molecule has 1 aromatic rings. The lowest BCUT2D eigenvalue weighted by molar-refractivity contribution is -0.384. The highest BCUT2D eigenvalue weighted by atomic mass is 32.2. The molecule has 1 amide bonds. The fourth-order valence-electron chi connectivity index (χ4n) is 2.82. The van der Waals surface area contributed by atoms with Crippen LogP contribution in [0.1, 0.15) is 18.9 Å². The van der Waals surface area contributed by atoms with Crippen molar-refractivity contribution < 1.29 is 19.2 Å². The van der Waals surface area contributed by atoms with Crippen LogP contribution in [0.3, 0.4) is 0 Å². The molecule has 24 heavy (non-hydrogen) atoms. The number of amides is 1. The van der Waals surface area contributed by atoms with Crippen LogP contribution in [0.5, 0.6) is 0 Å². The number of benzene rings is 1. The highest BCUT2D eigenvalue weighted by Crippen LogP contribution is 2.39. The van der Waals surface area contributed by atoms with E-state index in [2.05, 4.69) is 0 Å². The Kier molecular flexibility index (Phi) is 4.57. The monoisotopic (exact) mass is 348 g/mol. The molecule has 2 atom stereocenters. The number of β-lactam (4-membered cyclic amide) rings is 1. The Hall–Kier alpha value is -2.35. The molecule has 0 aromatic heterocycles. The van der Waals surface area contributed by atoms with Crippen molar-refractivity contribution in [2.75, 3.05) is 5.75 Å². The molecule has 1 aromatic carbocycles.